The van der Waals surface area contributed by atoms with Crippen molar-refractivity contribution in [2.45, 2.75) is 345 Å². The molecule has 19 rings (SSSR count). The van der Waals surface area contributed by atoms with Crippen molar-refractivity contribution in [2.24, 2.45) is 69.5 Å². The first-order chi connectivity index (χ1) is 46.4. The summed E-state index contributed by atoms with van der Waals surface area (Å²) in [5.74, 6) is 5.96. The molecule has 13 saturated carbocycles. The molecule has 528 valence electrons. The monoisotopic (exact) mass is 1360 g/mol. The summed E-state index contributed by atoms with van der Waals surface area (Å²) in [5.41, 5.74) is 10.1. The smallest absolute Gasteiger partial charge is 0.311 e. The highest BCUT2D eigenvalue weighted by Crippen LogP contribution is 2.63. The number of halogens is 2. The van der Waals surface area contributed by atoms with Gasteiger partial charge in [-0.3, -0.25) is 33.2 Å². The van der Waals surface area contributed by atoms with E-state index in [1.807, 2.05) is 6.92 Å². The Bertz CT molecular complexity index is 3240. The molecule has 0 spiro atoms. The predicted octanol–water partition coefficient (Wildman–Crippen LogP) is 17.6. The van der Waals surface area contributed by atoms with Crippen LogP contribution in [0.3, 0.4) is 0 Å². The summed E-state index contributed by atoms with van der Waals surface area (Å²) in [6.45, 7) is 11.1. The van der Waals surface area contributed by atoms with Crippen LogP contribution < -0.4 is 16.0 Å². The van der Waals surface area contributed by atoms with Gasteiger partial charge in [0.25, 0.3) is 11.8 Å². The number of aromatic nitrogens is 6. The first-order valence-corrected chi connectivity index (χ1v) is 41.0. The number of hydrogen-bond donors (Lipinski definition) is 3. The Morgan fingerprint density at radius 2 is 0.948 bits per heavy atom. The maximum Gasteiger partial charge on any atom is 0.311 e. The molecule has 0 radical (unpaired) electrons. The molecule has 0 aliphatic heterocycles. The normalized spacial score (nSPS) is 34.9. The van der Waals surface area contributed by atoms with Gasteiger partial charge in [0.2, 0.25) is 5.91 Å². The van der Waals surface area contributed by atoms with Crippen LogP contribution in [0.5, 0.6) is 0 Å². The minimum atomic E-state index is -0.423. The molecule has 16 aliphatic carbocycles. The molecule has 16 heteroatoms. The summed E-state index contributed by atoms with van der Waals surface area (Å²) in [6, 6.07) is 1.74. The van der Waals surface area contributed by atoms with Crippen LogP contribution in [0, 0.1) is 69.5 Å². The average Bonchev–Trinajstić information content (AvgIpc) is 1.23. The molecule has 0 saturated heterocycles. The molecule has 0 aromatic carbocycles. The second-order valence-corrected chi connectivity index (χ2v) is 36.6. The van der Waals surface area contributed by atoms with E-state index in [0.717, 1.165) is 141 Å². The van der Waals surface area contributed by atoms with Crippen molar-refractivity contribution in [2.75, 3.05) is 6.61 Å². The first kappa shape index (κ1) is 67.9. The summed E-state index contributed by atoms with van der Waals surface area (Å²) in [4.78, 5) is 53.4. The lowest BCUT2D eigenvalue weighted by Crippen LogP contribution is -2.57. The largest absolute Gasteiger partial charge is 0.466 e. The molecular weight excluding hydrogens is 1240 g/mol. The minimum Gasteiger partial charge on any atom is -0.466 e. The molecule has 3 aromatic rings. The second-order valence-electron chi connectivity index (χ2n) is 35.6. The molecule has 14 nitrogen and oxygen atoms in total. The van der Waals surface area contributed by atoms with E-state index in [-0.39, 0.29) is 52.4 Å². The highest BCUT2D eigenvalue weighted by molar-refractivity contribution is 6.21. The van der Waals surface area contributed by atoms with Crippen LogP contribution in [0.4, 0.5) is 0 Å². The maximum atomic E-state index is 13.7. The minimum absolute atomic E-state index is 0.000281. The topological polar surface area (TPSA) is 167 Å². The van der Waals surface area contributed by atoms with Crippen molar-refractivity contribution in [3.8, 4) is 0 Å². The van der Waals surface area contributed by atoms with E-state index < -0.39 is 5.41 Å². The van der Waals surface area contributed by atoms with Crippen molar-refractivity contribution < 1.29 is 23.9 Å². The molecule has 3 amide bonds. The summed E-state index contributed by atoms with van der Waals surface area (Å²) < 4.78 is 12.1. The Kier molecular flexibility index (Phi) is 19.9. The maximum absolute atomic E-state index is 13.7. The van der Waals surface area contributed by atoms with Gasteiger partial charge >= 0.3 is 5.97 Å². The fraction of sp³-hybridized carbons (Fsp3) is 0.838. The third kappa shape index (κ3) is 13.3. The zero-order valence-corrected chi connectivity index (χ0v) is 61.0. The molecule has 3 aromatic heterocycles. The number of amides is 3. The Morgan fingerprint density at radius 3 is 1.44 bits per heavy atom. The molecule has 8 atom stereocenters. The van der Waals surface area contributed by atoms with Crippen molar-refractivity contribution in [1.82, 2.24) is 45.3 Å². The molecule has 10 bridgehead atoms. The van der Waals surface area contributed by atoms with E-state index in [4.69, 9.17) is 43.2 Å². The number of carbonyl (C=O) groups excluding carboxylic acids is 4. The fourth-order valence-electron chi connectivity index (χ4n) is 24.5. The molecular formula is C80H119Cl2N9O5. The number of alkyl halides is 2. The lowest BCUT2D eigenvalue weighted by Gasteiger charge is -2.59. The third-order valence-corrected chi connectivity index (χ3v) is 29.5. The number of ether oxygens (including phenoxy) is 1. The molecule has 16 aliphatic rings. The van der Waals surface area contributed by atoms with Gasteiger partial charge in [-0.1, -0.05) is 71.6 Å². The van der Waals surface area contributed by atoms with Crippen LogP contribution >= 0.6 is 23.2 Å². The highest BCUT2D eigenvalue weighted by Gasteiger charge is 2.56. The molecule has 13 fully saturated rings. The summed E-state index contributed by atoms with van der Waals surface area (Å²) in [5, 5.41) is 25.3. The number of nitrogens with one attached hydrogen (secondary N) is 3. The van der Waals surface area contributed by atoms with Crippen LogP contribution in [0.2, 0.25) is 0 Å². The van der Waals surface area contributed by atoms with Crippen LogP contribution in [-0.2, 0) is 46.4 Å². The Morgan fingerprint density at radius 1 is 0.510 bits per heavy atom. The van der Waals surface area contributed by atoms with E-state index >= 15 is 0 Å². The number of esters is 1. The van der Waals surface area contributed by atoms with Gasteiger partial charge in [0.05, 0.1) is 58.5 Å². The van der Waals surface area contributed by atoms with Crippen LogP contribution in [0.15, 0.2) is 0 Å². The van der Waals surface area contributed by atoms with Gasteiger partial charge in [0.1, 0.15) is 0 Å². The predicted molar refractivity (Wildman–Crippen MR) is 378 cm³/mol. The van der Waals surface area contributed by atoms with E-state index in [9.17, 15) is 19.2 Å². The third-order valence-electron chi connectivity index (χ3n) is 28.6. The summed E-state index contributed by atoms with van der Waals surface area (Å²) >= 11 is 13.6. The van der Waals surface area contributed by atoms with Crippen molar-refractivity contribution >= 4 is 46.9 Å². The molecule has 3 heterocycles. The van der Waals surface area contributed by atoms with E-state index in [1.54, 1.807) is 0 Å². The van der Waals surface area contributed by atoms with Gasteiger partial charge in [-0.25, -0.2) is 0 Å². The number of carbonyl (C=O) groups is 4. The number of nitrogens with zero attached hydrogens (tertiary/aromatic N) is 6. The van der Waals surface area contributed by atoms with Crippen LogP contribution in [0.25, 0.3) is 0 Å². The number of hydrogen-bond acceptors (Lipinski definition) is 8. The van der Waals surface area contributed by atoms with Crippen molar-refractivity contribution in [1.29, 1.82) is 0 Å². The Hall–Kier alpha value is -3.91. The molecule has 96 heavy (non-hydrogen) atoms. The molecule has 6 unspecified atom stereocenters. The summed E-state index contributed by atoms with van der Waals surface area (Å²) in [6.07, 6.45) is 50.0. The van der Waals surface area contributed by atoms with E-state index in [0.29, 0.717) is 64.8 Å². The lowest BCUT2D eigenvalue weighted by atomic mass is 9.48. The van der Waals surface area contributed by atoms with E-state index in [1.165, 1.54) is 197 Å². The van der Waals surface area contributed by atoms with Crippen LogP contribution in [-0.4, -0.2) is 77.8 Å². The van der Waals surface area contributed by atoms with E-state index in [2.05, 4.69) is 57.7 Å². The first-order valence-electron chi connectivity index (χ1n) is 40.1. The van der Waals surface area contributed by atoms with Gasteiger partial charge in [-0.2, -0.15) is 15.3 Å². The van der Waals surface area contributed by atoms with Gasteiger partial charge in [-0.05, 0) is 284 Å². The van der Waals surface area contributed by atoms with Gasteiger partial charge in [-0.15, -0.1) is 23.2 Å². The van der Waals surface area contributed by atoms with Gasteiger partial charge in [0, 0.05) is 46.8 Å². The Balaban J connectivity index is 0.000000118. The lowest BCUT2D eigenvalue weighted by molar-refractivity contribution is -0.150. The standard InChI is InChI=1S/C30H47N3O.C26H38ClN3O.C24H34ClN3O3/c1-20(30-16-21-13-22(17-30)15-23(14-21)18-30)31-28(34)29(2,3)19-26-25-11-7-8-12-27(25)33(32-26)24-9-5-4-6-10-24;1-16(26-13-17-10-18(14-26)12-19(11-17)15-26)28-25(31)23-21-8-5-9-22(27)24(21)30(29-23)20-6-3-2-4-7-20;1-2-31-24(30)19-14-11-12-15(13-14)20(19)26-23(29)21-17-9-6-10-18(25)22(17)28(27-21)16-7-4-3-5-8-16/h20-24H,4-19H2,1-3H3,(H,31,34);16-20,22H,2-15H2,1H3,(H,28,31);14-16,18-20H,2-13H2,1H3,(H,26,29)/t;;14?,15?,18?,19-,20+/m..0/s1. The highest BCUT2D eigenvalue weighted by atomic mass is 35.5. The zero-order valence-electron chi connectivity index (χ0n) is 59.5. The fourth-order valence-corrected chi connectivity index (χ4v) is 25.3. The zero-order chi connectivity index (χ0) is 66.2. The van der Waals surface area contributed by atoms with Crippen molar-refractivity contribution in [3.05, 3.63) is 50.9 Å². The quantitative estimate of drug-likeness (QED) is 0.0998. The number of fused-ring (bicyclic) bond motifs is 5. The van der Waals surface area contributed by atoms with Gasteiger partial charge in [0.15, 0.2) is 11.4 Å². The average molecular weight is 1360 g/mol. The molecule has 3 N–H and O–H groups in total. The van der Waals surface area contributed by atoms with Gasteiger partial charge < -0.3 is 20.7 Å². The SMILES string of the molecule is CC(NC(=O)C(C)(C)Cc1nn(C2CCCCC2)c2c1CCCC2)C12CC3CC(CC(C3)C1)C2.CC(NC(=O)c1nn(C2CCCCC2)c2c1CCCC2Cl)C12CC3CC(CC(C3)C1)C2.CCOC(=O)[C@H]1C2CCC(C2)[C@H]1NC(=O)c1nn(C2CCCCC2)c2c1CCCC2Cl. The van der Waals surface area contributed by atoms with Crippen LogP contribution in [0.1, 0.15) is 355 Å². The second kappa shape index (κ2) is 28.1. The summed E-state index contributed by atoms with van der Waals surface area (Å²) in [7, 11) is 0. The number of rotatable bonds is 15. The Labute approximate surface area is 584 Å². The van der Waals surface area contributed by atoms with Crippen molar-refractivity contribution in [3.63, 3.8) is 0 Å².